The fourth-order valence-electron chi connectivity index (χ4n) is 3.14. The Morgan fingerprint density at radius 2 is 2.12 bits per heavy atom. The highest BCUT2D eigenvalue weighted by Gasteiger charge is 2.40. The van der Waals surface area contributed by atoms with Gasteiger partial charge in [-0.2, -0.15) is 5.26 Å². The van der Waals surface area contributed by atoms with Crippen LogP contribution in [0.2, 0.25) is 0 Å². The quantitative estimate of drug-likeness (QED) is 0.863. The summed E-state index contributed by atoms with van der Waals surface area (Å²) in [5.41, 5.74) is 1.21. The molecule has 0 bridgehead atoms. The average molecular weight is 353 g/mol. The van der Waals surface area contributed by atoms with Gasteiger partial charge in [0.25, 0.3) is 0 Å². The minimum Gasteiger partial charge on any atom is -0.497 e. The third-order valence-corrected chi connectivity index (χ3v) is 4.79. The van der Waals surface area contributed by atoms with Crippen molar-refractivity contribution >= 4 is 6.03 Å². The van der Waals surface area contributed by atoms with E-state index in [0.29, 0.717) is 5.56 Å². The Labute approximate surface area is 151 Å². The summed E-state index contributed by atoms with van der Waals surface area (Å²) in [6, 6.07) is 13.5. The highest BCUT2D eigenvalue weighted by atomic mass is 19.1. The Kier molecular flexibility index (Phi) is 5.08. The molecular weight excluding hydrogens is 333 g/mol. The minimum absolute atomic E-state index is 0.00959. The van der Waals surface area contributed by atoms with Crippen LogP contribution in [0.15, 0.2) is 42.5 Å². The second-order valence-electron chi connectivity index (χ2n) is 6.40. The number of amides is 2. The van der Waals surface area contributed by atoms with Crippen molar-refractivity contribution in [3.05, 3.63) is 65.0 Å². The zero-order chi connectivity index (χ0) is 18.6. The number of halogens is 1. The van der Waals surface area contributed by atoms with E-state index in [-0.39, 0.29) is 18.1 Å². The van der Waals surface area contributed by atoms with Crippen molar-refractivity contribution in [1.82, 2.24) is 10.6 Å². The normalized spacial score (nSPS) is 14.7. The van der Waals surface area contributed by atoms with Crippen molar-refractivity contribution in [1.29, 1.82) is 5.26 Å². The lowest BCUT2D eigenvalue weighted by molar-refractivity contribution is 0.177. The third-order valence-electron chi connectivity index (χ3n) is 4.79. The molecule has 0 aromatic heterocycles. The summed E-state index contributed by atoms with van der Waals surface area (Å²) in [6.45, 7) is 0.183. The van der Waals surface area contributed by atoms with Crippen LogP contribution in [0.5, 0.6) is 5.75 Å². The lowest BCUT2D eigenvalue weighted by atomic mass is 9.72. The minimum atomic E-state index is -0.584. The van der Waals surface area contributed by atoms with Crippen molar-refractivity contribution < 1.29 is 13.9 Å². The molecule has 0 radical (unpaired) electrons. The summed E-state index contributed by atoms with van der Waals surface area (Å²) in [6.07, 6.45) is 2.76. The molecule has 1 aliphatic rings. The van der Waals surface area contributed by atoms with Gasteiger partial charge in [-0.3, -0.25) is 0 Å². The van der Waals surface area contributed by atoms with E-state index in [2.05, 4.69) is 10.6 Å². The van der Waals surface area contributed by atoms with Crippen LogP contribution >= 0.6 is 0 Å². The molecule has 0 spiro atoms. The van der Waals surface area contributed by atoms with Crippen LogP contribution in [0.3, 0.4) is 0 Å². The number of carbonyl (C=O) groups is 1. The average Bonchev–Trinajstić information content (AvgIpc) is 2.63. The molecular formula is C20H20FN3O2. The molecule has 1 aliphatic carbocycles. The van der Waals surface area contributed by atoms with Crippen LogP contribution < -0.4 is 15.4 Å². The van der Waals surface area contributed by atoms with Gasteiger partial charge in [-0.15, -0.1) is 0 Å². The molecule has 5 nitrogen and oxygen atoms in total. The zero-order valence-corrected chi connectivity index (χ0v) is 14.5. The van der Waals surface area contributed by atoms with E-state index in [9.17, 15) is 9.18 Å². The molecule has 0 atom stereocenters. The van der Waals surface area contributed by atoms with Crippen molar-refractivity contribution in [2.45, 2.75) is 31.3 Å². The van der Waals surface area contributed by atoms with E-state index in [0.717, 1.165) is 30.6 Å². The maximum Gasteiger partial charge on any atom is 0.315 e. The first-order valence-electron chi connectivity index (χ1n) is 8.45. The Hall–Kier alpha value is -3.07. The zero-order valence-electron chi connectivity index (χ0n) is 14.5. The van der Waals surface area contributed by atoms with Gasteiger partial charge in [-0.05, 0) is 54.7 Å². The fourth-order valence-corrected chi connectivity index (χ4v) is 3.14. The Morgan fingerprint density at radius 3 is 2.73 bits per heavy atom. The summed E-state index contributed by atoms with van der Waals surface area (Å²) in [5.74, 6) is 0.170. The van der Waals surface area contributed by atoms with Gasteiger partial charge in [0.15, 0.2) is 0 Å². The van der Waals surface area contributed by atoms with E-state index >= 15 is 0 Å². The Morgan fingerprint density at radius 1 is 1.31 bits per heavy atom. The van der Waals surface area contributed by atoms with E-state index < -0.39 is 11.4 Å². The fraction of sp³-hybridized carbons (Fsp3) is 0.300. The maximum atomic E-state index is 13.6. The monoisotopic (exact) mass is 353 g/mol. The lowest BCUT2D eigenvalue weighted by Crippen LogP contribution is -2.53. The van der Waals surface area contributed by atoms with E-state index in [1.165, 1.54) is 12.1 Å². The topological polar surface area (TPSA) is 74.2 Å². The number of nitrogens with one attached hydrogen (secondary N) is 2. The van der Waals surface area contributed by atoms with Gasteiger partial charge in [-0.1, -0.05) is 18.2 Å². The van der Waals surface area contributed by atoms with E-state index in [1.807, 2.05) is 24.3 Å². The van der Waals surface area contributed by atoms with Crippen molar-refractivity contribution in [3.8, 4) is 11.8 Å². The Balaban J connectivity index is 1.65. The van der Waals surface area contributed by atoms with Gasteiger partial charge in [0.2, 0.25) is 0 Å². The molecule has 1 saturated carbocycles. The van der Waals surface area contributed by atoms with Gasteiger partial charge in [-0.25, -0.2) is 9.18 Å². The van der Waals surface area contributed by atoms with Gasteiger partial charge in [0.1, 0.15) is 17.6 Å². The van der Waals surface area contributed by atoms with Crippen LogP contribution in [0.1, 0.15) is 36.0 Å². The highest BCUT2D eigenvalue weighted by Crippen LogP contribution is 2.42. The van der Waals surface area contributed by atoms with Gasteiger partial charge < -0.3 is 15.4 Å². The number of benzene rings is 2. The molecule has 2 aromatic carbocycles. The summed E-state index contributed by atoms with van der Waals surface area (Å²) >= 11 is 0. The first-order valence-corrected chi connectivity index (χ1v) is 8.45. The van der Waals surface area contributed by atoms with Crippen LogP contribution in [0.25, 0.3) is 0 Å². The predicted octanol–water partition coefficient (Wildman–Crippen LogP) is 3.58. The first kappa shape index (κ1) is 17.7. The third kappa shape index (κ3) is 3.62. The molecule has 0 unspecified atom stereocenters. The maximum absolute atomic E-state index is 13.6. The molecule has 2 amide bonds. The van der Waals surface area contributed by atoms with Gasteiger partial charge >= 0.3 is 6.03 Å². The van der Waals surface area contributed by atoms with Gasteiger partial charge in [0.05, 0.1) is 18.2 Å². The number of methoxy groups -OCH3 is 1. The highest BCUT2D eigenvalue weighted by molar-refractivity contribution is 5.75. The number of hydrogen-bond acceptors (Lipinski definition) is 3. The van der Waals surface area contributed by atoms with Crippen molar-refractivity contribution in [2.24, 2.45) is 0 Å². The van der Waals surface area contributed by atoms with E-state index in [4.69, 9.17) is 10.00 Å². The smallest absolute Gasteiger partial charge is 0.315 e. The predicted molar refractivity (Wildman–Crippen MR) is 95.0 cm³/mol. The summed E-state index contributed by atoms with van der Waals surface area (Å²) < 4.78 is 18.9. The van der Waals surface area contributed by atoms with Crippen molar-refractivity contribution in [2.75, 3.05) is 7.11 Å². The standard InChI is InChI=1S/C20H20FN3O2/c1-26-17-5-2-4-16(11-17)20(8-3-9-20)24-19(25)23-13-14-6-7-15(12-22)18(21)10-14/h2,4-7,10-11H,3,8-9,13H2,1H3,(H2,23,24,25). The van der Waals surface area contributed by atoms with Crippen LogP contribution in [0.4, 0.5) is 9.18 Å². The molecule has 2 aromatic rings. The number of rotatable bonds is 5. The molecule has 134 valence electrons. The number of ether oxygens (including phenoxy) is 1. The lowest BCUT2D eigenvalue weighted by Gasteiger charge is -2.43. The Bertz CT molecular complexity index is 856. The molecule has 26 heavy (non-hydrogen) atoms. The molecule has 2 N–H and O–H groups in total. The number of hydrogen-bond donors (Lipinski definition) is 2. The van der Waals surface area contributed by atoms with Crippen LogP contribution in [0, 0.1) is 17.1 Å². The SMILES string of the molecule is COc1cccc(C2(NC(=O)NCc3ccc(C#N)c(F)c3)CCC2)c1. The molecule has 0 saturated heterocycles. The van der Waals surface area contributed by atoms with Crippen LogP contribution in [-0.4, -0.2) is 13.1 Å². The summed E-state index contributed by atoms with van der Waals surface area (Å²) in [5, 5.41) is 14.6. The molecule has 3 rings (SSSR count). The molecule has 6 heteroatoms. The van der Waals surface area contributed by atoms with Crippen molar-refractivity contribution in [3.63, 3.8) is 0 Å². The van der Waals surface area contributed by atoms with Gasteiger partial charge in [0, 0.05) is 6.54 Å². The molecule has 0 aliphatic heterocycles. The molecule has 1 fully saturated rings. The second kappa shape index (κ2) is 7.44. The summed E-state index contributed by atoms with van der Waals surface area (Å²) in [4.78, 5) is 12.4. The number of nitrogens with zero attached hydrogens (tertiary/aromatic N) is 1. The van der Waals surface area contributed by atoms with Crippen LogP contribution in [-0.2, 0) is 12.1 Å². The first-order chi connectivity index (χ1) is 12.6. The second-order valence-corrected chi connectivity index (χ2v) is 6.40. The molecule has 0 heterocycles. The summed E-state index contributed by atoms with van der Waals surface area (Å²) in [7, 11) is 1.61. The number of carbonyl (C=O) groups excluding carboxylic acids is 1. The number of nitriles is 1. The largest absolute Gasteiger partial charge is 0.497 e. The number of urea groups is 1. The van der Waals surface area contributed by atoms with E-state index in [1.54, 1.807) is 19.2 Å².